The normalized spacial score (nSPS) is 11.7. The van der Waals surface area contributed by atoms with Crippen LogP contribution in [0.2, 0.25) is 0 Å². The molecule has 112 valence electrons. The zero-order valence-corrected chi connectivity index (χ0v) is 11.8. The minimum absolute atomic E-state index is 0.0813. The van der Waals surface area contributed by atoms with E-state index >= 15 is 0 Å². The Labute approximate surface area is 122 Å². The van der Waals surface area contributed by atoms with Crippen LogP contribution < -0.4 is 0 Å². The molecule has 0 saturated carbocycles. The number of Topliss-reactive ketones (excluding diaryl/α,β-unsaturated/α-hetero) is 1. The molecule has 0 aliphatic carbocycles. The Morgan fingerprint density at radius 1 is 0.952 bits per heavy atom. The molecule has 0 radical (unpaired) electrons. The standard InChI is InChI=1S/C16H18O5/c1-2-12(17)10-14(16(20)21)13(15(18)19)9-8-11-6-4-3-5-7-11/h3-7H,2,8-10H2,1H3,(H,18,19)(H,20,21). The molecule has 0 bridgehead atoms. The first-order valence-corrected chi connectivity index (χ1v) is 6.70. The zero-order chi connectivity index (χ0) is 15.8. The van der Waals surface area contributed by atoms with Gasteiger partial charge in [0.2, 0.25) is 0 Å². The Kier molecular flexibility index (Phi) is 6.33. The van der Waals surface area contributed by atoms with Gasteiger partial charge in [-0.25, -0.2) is 9.59 Å². The van der Waals surface area contributed by atoms with Gasteiger partial charge in [-0.15, -0.1) is 0 Å². The van der Waals surface area contributed by atoms with Gasteiger partial charge in [-0.05, 0) is 18.4 Å². The largest absolute Gasteiger partial charge is 0.478 e. The molecule has 2 N–H and O–H groups in total. The Hall–Kier alpha value is -2.43. The maximum absolute atomic E-state index is 11.4. The molecule has 0 aliphatic rings. The van der Waals surface area contributed by atoms with E-state index in [0.29, 0.717) is 6.42 Å². The zero-order valence-electron chi connectivity index (χ0n) is 11.8. The van der Waals surface area contributed by atoms with Crippen molar-refractivity contribution in [3.05, 3.63) is 47.0 Å². The van der Waals surface area contributed by atoms with E-state index in [1.165, 1.54) is 0 Å². The summed E-state index contributed by atoms with van der Waals surface area (Å²) < 4.78 is 0. The van der Waals surface area contributed by atoms with E-state index in [9.17, 15) is 19.5 Å². The molecule has 0 heterocycles. The predicted octanol–water partition coefficient (Wildman–Crippen LogP) is 2.45. The number of carboxylic acids is 2. The van der Waals surface area contributed by atoms with Crippen molar-refractivity contribution in [3.63, 3.8) is 0 Å². The van der Waals surface area contributed by atoms with Crippen LogP contribution in [-0.2, 0) is 20.8 Å². The number of aliphatic carboxylic acids is 2. The lowest BCUT2D eigenvalue weighted by Crippen LogP contribution is -2.15. The topological polar surface area (TPSA) is 91.7 Å². The Balaban J connectivity index is 2.99. The van der Waals surface area contributed by atoms with Gasteiger partial charge < -0.3 is 10.2 Å². The van der Waals surface area contributed by atoms with Gasteiger partial charge in [0.1, 0.15) is 5.78 Å². The first kappa shape index (κ1) is 16.6. The quantitative estimate of drug-likeness (QED) is 0.717. The molecule has 0 aliphatic heterocycles. The Bertz CT molecular complexity index is 557. The van der Waals surface area contributed by atoms with Gasteiger partial charge in [-0.2, -0.15) is 0 Å². The Morgan fingerprint density at radius 2 is 1.52 bits per heavy atom. The first-order valence-electron chi connectivity index (χ1n) is 6.70. The van der Waals surface area contributed by atoms with Crippen molar-refractivity contribution in [2.75, 3.05) is 0 Å². The molecule has 5 heteroatoms. The molecular formula is C16H18O5. The molecule has 0 atom stereocenters. The van der Waals surface area contributed by atoms with Crippen LogP contribution in [0, 0.1) is 0 Å². The molecule has 1 aromatic rings. The number of benzene rings is 1. The average molecular weight is 290 g/mol. The average Bonchev–Trinajstić information content (AvgIpc) is 2.46. The third-order valence-corrected chi connectivity index (χ3v) is 3.16. The summed E-state index contributed by atoms with van der Waals surface area (Å²) in [6.07, 6.45) is 0.335. The maximum atomic E-state index is 11.4. The fourth-order valence-electron chi connectivity index (χ4n) is 1.93. The summed E-state index contributed by atoms with van der Waals surface area (Å²) in [6, 6.07) is 9.20. The summed E-state index contributed by atoms with van der Waals surface area (Å²) >= 11 is 0. The van der Waals surface area contributed by atoms with Gasteiger partial charge in [-0.1, -0.05) is 37.3 Å². The van der Waals surface area contributed by atoms with Crippen LogP contribution in [0.1, 0.15) is 31.7 Å². The smallest absolute Gasteiger partial charge is 0.332 e. The third kappa shape index (κ3) is 5.22. The number of carbonyl (C=O) groups is 3. The van der Waals surface area contributed by atoms with Gasteiger partial charge in [0, 0.05) is 18.4 Å². The lowest BCUT2D eigenvalue weighted by atomic mass is 9.96. The molecule has 1 aromatic carbocycles. The second kappa shape index (κ2) is 7.99. The highest BCUT2D eigenvalue weighted by Gasteiger charge is 2.21. The van der Waals surface area contributed by atoms with E-state index in [0.717, 1.165) is 5.56 Å². The van der Waals surface area contributed by atoms with Gasteiger partial charge in [0.15, 0.2) is 0 Å². The fourth-order valence-corrected chi connectivity index (χ4v) is 1.93. The molecule has 0 aromatic heterocycles. The molecule has 0 spiro atoms. The van der Waals surface area contributed by atoms with Crippen molar-refractivity contribution in [1.29, 1.82) is 0 Å². The summed E-state index contributed by atoms with van der Waals surface area (Å²) in [6.45, 7) is 1.62. The molecule has 0 saturated heterocycles. The summed E-state index contributed by atoms with van der Waals surface area (Å²) in [5.74, 6) is -2.92. The molecular weight excluding hydrogens is 272 g/mol. The number of carboxylic acid groups (broad SMARTS) is 2. The highest BCUT2D eigenvalue weighted by atomic mass is 16.4. The maximum Gasteiger partial charge on any atom is 0.332 e. The van der Waals surface area contributed by atoms with Gasteiger partial charge >= 0.3 is 11.9 Å². The lowest BCUT2D eigenvalue weighted by molar-refractivity contribution is -0.136. The van der Waals surface area contributed by atoms with E-state index in [-0.39, 0.29) is 36.2 Å². The summed E-state index contributed by atoms with van der Waals surface area (Å²) in [4.78, 5) is 34.0. The van der Waals surface area contributed by atoms with Crippen LogP contribution in [0.15, 0.2) is 41.5 Å². The van der Waals surface area contributed by atoms with Crippen molar-refractivity contribution in [2.24, 2.45) is 0 Å². The number of carbonyl (C=O) groups excluding carboxylic acids is 1. The van der Waals surface area contributed by atoms with Crippen LogP contribution in [0.25, 0.3) is 0 Å². The molecule has 21 heavy (non-hydrogen) atoms. The van der Waals surface area contributed by atoms with Crippen molar-refractivity contribution in [3.8, 4) is 0 Å². The third-order valence-electron chi connectivity index (χ3n) is 3.16. The highest BCUT2D eigenvalue weighted by Crippen LogP contribution is 2.18. The number of hydrogen-bond donors (Lipinski definition) is 2. The van der Waals surface area contributed by atoms with E-state index in [4.69, 9.17) is 5.11 Å². The Morgan fingerprint density at radius 3 is 2.00 bits per heavy atom. The van der Waals surface area contributed by atoms with Crippen molar-refractivity contribution < 1.29 is 24.6 Å². The molecule has 0 unspecified atom stereocenters. The van der Waals surface area contributed by atoms with Gasteiger partial charge in [0.25, 0.3) is 0 Å². The lowest BCUT2D eigenvalue weighted by Gasteiger charge is -2.08. The molecule has 5 nitrogen and oxygen atoms in total. The van der Waals surface area contributed by atoms with Gasteiger partial charge in [0.05, 0.1) is 5.57 Å². The summed E-state index contributed by atoms with van der Waals surface area (Å²) in [5, 5.41) is 18.4. The van der Waals surface area contributed by atoms with E-state index in [1.54, 1.807) is 6.92 Å². The van der Waals surface area contributed by atoms with Crippen molar-refractivity contribution >= 4 is 17.7 Å². The SMILES string of the molecule is CCC(=O)CC(C(=O)O)=C(CCc1ccccc1)C(=O)O. The molecule has 0 fully saturated rings. The minimum Gasteiger partial charge on any atom is -0.478 e. The second-order valence-electron chi connectivity index (χ2n) is 4.62. The van der Waals surface area contributed by atoms with E-state index in [1.807, 2.05) is 30.3 Å². The number of aryl methyl sites for hydroxylation is 1. The first-order chi connectivity index (χ1) is 9.95. The van der Waals surface area contributed by atoms with Crippen molar-refractivity contribution in [2.45, 2.75) is 32.6 Å². The number of rotatable bonds is 8. The van der Waals surface area contributed by atoms with Crippen LogP contribution in [0.3, 0.4) is 0 Å². The van der Waals surface area contributed by atoms with Gasteiger partial charge in [-0.3, -0.25) is 4.79 Å². The minimum atomic E-state index is -1.35. The van der Waals surface area contributed by atoms with Crippen molar-refractivity contribution in [1.82, 2.24) is 0 Å². The summed E-state index contributed by atoms with van der Waals surface area (Å²) in [7, 11) is 0. The fraction of sp³-hybridized carbons (Fsp3) is 0.312. The predicted molar refractivity (Wildman–Crippen MR) is 77.0 cm³/mol. The number of hydrogen-bond acceptors (Lipinski definition) is 3. The van der Waals surface area contributed by atoms with Crippen LogP contribution >= 0.6 is 0 Å². The number of ketones is 1. The van der Waals surface area contributed by atoms with E-state index in [2.05, 4.69) is 0 Å². The second-order valence-corrected chi connectivity index (χ2v) is 4.62. The molecule has 0 amide bonds. The summed E-state index contributed by atoms with van der Waals surface area (Å²) in [5.41, 5.74) is 0.404. The highest BCUT2D eigenvalue weighted by molar-refractivity contribution is 6.02. The van der Waals surface area contributed by atoms with Crippen LogP contribution in [0.5, 0.6) is 0 Å². The van der Waals surface area contributed by atoms with E-state index < -0.39 is 11.9 Å². The monoisotopic (exact) mass is 290 g/mol. The van der Waals surface area contributed by atoms with Crippen LogP contribution in [-0.4, -0.2) is 27.9 Å². The molecule has 1 rings (SSSR count). The van der Waals surface area contributed by atoms with Crippen LogP contribution in [0.4, 0.5) is 0 Å².